The van der Waals surface area contributed by atoms with Crippen LogP contribution in [0.5, 0.6) is 5.75 Å². The van der Waals surface area contributed by atoms with Crippen LogP contribution in [0.15, 0.2) is 30.7 Å². The van der Waals surface area contributed by atoms with E-state index in [0.29, 0.717) is 42.3 Å². The Morgan fingerprint density at radius 3 is 2.88 bits per heavy atom. The van der Waals surface area contributed by atoms with E-state index in [1.165, 1.54) is 17.3 Å². The molecule has 1 aromatic carbocycles. The van der Waals surface area contributed by atoms with Gasteiger partial charge in [0.15, 0.2) is 0 Å². The maximum Gasteiger partial charge on any atom is 0.407 e. The number of nitrogens with zero attached hydrogens (tertiary/aromatic N) is 6. The normalized spacial score (nSPS) is 15.3. The van der Waals surface area contributed by atoms with Crippen LogP contribution < -0.4 is 15.0 Å². The maximum absolute atomic E-state index is 12.8. The van der Waals surface area contributed by atoms with Gasteiger partial charge in [-0.1, -0.05) is 5.92 Å². The van der Waals surface area contributed by atoms with Gasteiger partial charge in [-0.2, -0.15) is 5.10 Å². The summed E-state index contributed by atoms with van der Waals surface area (Å²) in [7, 11) is 3.36. The Morgan fingerprint density at radius 1 is 1.36 bits per heavy atom. The number of aromatic nitrogens is 4. The summed E-state index contributed by atoms with van der Waals surface area (Å²) in [5.74, 6) is 2.95. The summed E-state index contributed by atoms with van der Waals surface area (Å²) in [6, 6.07) is 3.36. The maximum atomic E-state index is 12.8. The number of carbonyl (C=O) groups is 2. The summed E-state index contributed by atoms with van der Waals surface area (Å²) < 4.78 is 7.25. The molecule has 1 saturated heterocycles. The van der Waals surface area contributed by atoms with Crippen LogP contribution in [0.3, 0.4) is 0 Å². The number of carbonyl (C=O) groups excluding carboxylic acids is 1. The van der Waals surface area contributed by atoms with Gasteiger partial charge in [-0.15, -0.1) is 6.42 Å². The molecule has 2 N–H and O–H groups in total. The van der Waals surface area contributed by atoms with Crippen LogP contribution in [0.1, 0.15) is 16.9 Å². The van der Waals surface area contributed by atoms with Crippen molar-refractivity contribution in [2.45, 2.75) is 12.5 Å². The van der Waals surface area contributed by atoms with Gasteiger partial charge in [-0.05, 0) is 12.5 Å². The summed E-state index contributed by atoms with van der Waals surface area (Å²) >= 11 is 0. The lowest BCUT2D eigenvalue weighted by Crippen LogP contribution is -2.38. The zero-order chi connectivity index (χ0) is 23.5. The Bertz CT molecular complexity index is 1230. The van der Waals surface area contributed by atoms with Crippen molar-refractivity contribution in [2.24, 2.45) is 7.05 Å². The van der Waals surface area contributed by atoms with Gasteiger partial charge in [0.05, 0.1) is 29.6 Å². The number of likely N-dealkylation sites (N-methyl/N-ethyl adjacent to an activating group) is 1. The number of ether oxygens (including phenoxy) is 1. The van der Waals surface area contributed by atoms with Crippen molar-refractivity contribution in [3.8, 4) is 18.1 Å². The highest BCUT2D eigenvalue weighted by atomic mass is 16.5. The number of amides is 2. The summed E-state index contributed by atoms with van der Waals surface area (Å²) in [4.78, 5) is 35.8. The molecule has 0 aliphatic carbocycles. The van der Waals surface area contributed by atoms with Crippen molar-refractivity contribution in [2.75, 3.05) is 37.0 Å². The van der Waals surface area contributed by atoms with E-state index in [1.807, 2.05) is 11.1 Å². The van der Waals surface area contributed by atoms with Crippen molar-refractivity contribution >= 4 is 34.4 Å². The number of hydrogen-bond donors (Lipinski definition) is 2. The number of carboxylic acid groups (broad SMARTS) is 1. The fourth-order valence-corrected chi connectivity index (χ4v) is 3.72. The van der Waals surface area contributed by atoms with Crippen LogP contribution in [0.2, 0.25) is 0 Å². The highest BCUT2D eigenvalue weighted by molar-refractivity contribution is 6.04. The smallest absolute Gasteiger partial charge is 0.407 e. The van der Waals surface area contributed by atoms with E-state index in [0.717, 1.165) is 5.39 Å². The minimum atomic E-state index is -0.963. The molecule has 1 aliphatic heterocycles. The molecule has 33 heavy (non-hydrogen) atoms. The fourth-order valence-electron chi connectivity index (χ4n) is 3.72. The number of benzene rings is 1. The number of rotatable bonds is 6. The van der Waals surface area contributed by atoms with E-state index in [2.05, 4.69) is 26.3 Å². The van der Waals surface area contributed by atoms with Crippen LogP contribution in [0.4, 0.5) is 16.3 Å². The van der Waals surface area contributed by atoms with Crippen molar-refractivity contribution < 1.29 is 19.4 Å². The third-order valence-electron chi connectivity index (χ3n) is 5.49. The van der Waals surface area contributed by atoms with Crippen molar-refractivity contribution in [3.05, 3.63) is 36.4 Å². The molecule has 0 unspecified atom stereocenters. The van der Waals surface area contributed by atoms with E-state index in [1.54, 1.807) is 30.9 Å². The van der Waals surface area contributed by atoms with Crippen molar-refractivity contribution in [3.63, 3.8) is 0 Å². The minimum absolute atomic E-state index is 0.0452. The van der Waals surface area contributed by atoms with Crippen LogP contribution in [-0.4, -0.2) is 74.5 Å². The minimum Gasteiger partial charge on any atom is -0.479 e. The second-order valence-electron chi connectivity index (χ2n) is 7.70. The van der Waals surface area contributed by atoms with Crippen LogP contribution >= 0.6 is 0 Å². The molecule has 0 bridgehead atoms. The molecule has 4 rings (SSSR count). The summed E-state index contributed by atoms with van der Waals surface area (Å²) in [6.07, 6.45) is 9.77. The standard InChI is InChI=1S/C22H23N7O4/c1-4-7-33-19-9-16-14(12-27(2)26-16)8-17(19)25-21(30)18-10-24-20(11-23-18)29-6-5-15(13-29)28(3)22(31)32/h1,8-12,15H,5-7,13H2,2-3H3,(H,25,30)(H,31,32)/t15-/m1/s1. The van der Waals surface area contributed by atoms with Gasteiger partial charge >= 0.3 is 6.09 Å². The van der Waals surface area contributed by atoms with Gasteiger partial charge in [0.2, 0.25) is 0 Å². The quantitative estimate of drug-likeness (QED) is 0.546. The van der Waals surface area contributed by atoms with E-state index < -0.39 is 12.0 Å². The van der Waals surface area contributed by atoms with Gasteiger partial charge in [0.1, 0.15) is 23.9 Å². The molecule has 0 spiro atoms. The monoisotopic (exact) mass is 449 g/mol. The largest absolute Gasteiger partial charge is 0.479 e. The lowest BCUT2D eigenvalue weighted by Gasteiger charge is -2.22. The Morgan fingerprint density at radius 2 is 2.18 bits per heavy atom. The van der Waals surface area contributed by atoms with E-state index >= 15 is 0 Å². The Kier molecular flexibility index (Phi) is 5.99. The molecule has 3 heterocycles. The molecule has 2 amide bonds. The molecule has 1 atom stereocenters. The first kappa shape index (κ1) is 21.9. The van der Waals surface area contributed by atoms with Gasteiger partial charge < -0.3 is 25.0 Å². The predicted octanol–water partition coefficient (Wildman–Crippen LogP) is 1.82. The molecule has 11 heteroatoms. The fraction of sp³-hybridized carbons (Fsp3) is 0.318. The average molecular weight is 449 g/mol. The molecule has 3 aromatic rings. The summed E-state index contributed by atoms with van der Waals surface area (Å²) in [5, 5.41) is 17.1. The van der Waals surface area contributed by atoms with Crippen LogP contribution in [0, 0.1) is 12.3 Å². The Balaban J connectivity index is 1.48. The van der Waals surface area contributed by atoms with Crippen molar-refractivity contribution in [1.29, 1.82) is 0 Å². The number of hydrogen-bond acceptors (Lipinski definition) is 7. The number of fused-ring (bicyclic) bond motifs is 1. The van der Waals surface area contributed by atoms with Crippen LogP contribution in [-0.2, 0) is 7.05 Å². The second-order valence-corrected chi connectivity index (χ2v) is 7.70. The third kappa shape index (κ3) is 4.64. The average Bonchev–Trinajstić information content (AvgIpc) is 3.43. The summed E-state index contributed by atoms with van der Waals surface area (Å²) in [5.41, 5.74) is 1.29. The third-order valence-corrected chi connectivity index (χ3v) is 5.49. The zero-order valence-corrected chi connectivity index (χ0v) is 18.2. The zero-order valence-electron chi connectivity index (χ0n) is 18.2. The first-order valence-corrected chi connectivity index (χ1v) is 10.2. The lowest BCUT2D eigenvalue weighted by atomic mass is 10.2. The molecule has 170 valence electrons. The lowest BCUT2D eigenvalue weighted by molar-refractivity contribution is 0.102. The molecule has 2 aromatic heterocycles. The number of terminal acetylenes is 1. The van der Waals surface area contributed by atoms with Gasteiger partial charge in [-0.25, -0.2) is 14.8 Å². The Labute approximate surface area is 190 Å². The highest BCUT2D eigenvalue weighted by Crippen LogP contribution is 2.30. The van der Waals surface area contributed by atoms with E-state index in [9.17, 15) is 9.59 Å². The Hall–Kier alpha value is -4.33. The van der Waals surface area contributed by atoms with E-state index in [-0.39, 0.29) is 18.3 Å². The van der Waals surface area contributed by atoms with Crippen molar-refractivity contribution in [1.82, 2.24) is 24.6 Å². The molecular weight excluding hydrogens is 426 g/mol. The predicted molar refractivity (Wildman–Crippen MR) is 121 cm³/mol. The van der Waals surface area contributed by atoms with Crippen LogP contribution in [0.25, 0.3) is 10.9 Å². The summed E-state index contributed by atoms with van der Waals surface area (Å²) in [6.45, 7) is 1.22. The molecule has 1 fully saturated rings. The topological polar surface area (TPSA) is 126 Å². The molecule has 11 nitrogen and oxygen atoms in total. The number of anilines is 2. The molecular formula is C22H23N7O4. The highest BCUT2D eigenvalue weighted by Gasteiger charge is 2.29. The van der Waals surface area contributed by atoms with E-state index in [4.69, 9.17) is 16.3 Å². The number of nitrogens with one attached hydrogen (secondary N) is 1. The number of aryl methyl sites for hydroxylation is 1. The van der Waals surface area contributed by atoms with Gasteiger partial charge in [0, 0.05) is 44.8 Å². The molecule has 0 radical (unpaired) electrons. The second kappa shape index (κ2) is 9.04. The first-order valence-electron chi connectivity index (χ1n) is 10.2. The van der Waals surface area contributed by atoms with Gasteiger partial charge in [0.25, 0.3) is 5.91 Å². The molecule has 1 aliphatic rings. The van der Waals surface area contributed by atoms with Gasteiger partial charge in [-0.3, -0.25) is 9.48 Å². The SMILES string of the molecule is C#CCOc1cc2nn(C)cc2cc1NC(=O)c1cnc(N2CC[C@@H](N(C)C(=O)O)C2)cn1. The molecule has 0 saturated carbocycles. The first-order chi connectivity index (χ1) is 15.9.